The van der Waals surface area contributed by atoms with Gasteiger partial charge in [-0.15, -0.1) is 0 Å². The van der Waals surface area contributed by atoms with Crippen LogP contribution in [0.3, 0.4) is 0 Å². The fourth-order valence-corrected chi connectivity index (χ4v) is 3.99. The van der Waals surface area contributed by atoms with Crippen molar-refractivity contribution >= 4 is 28.1 Å². The van der Waals surface area contributed by atoms with Crippen molar-refractivity contribution in [2.75, 3.05) is 6.61 Å². The Balaban J connectivity index is 1.41. The van der Waals surface area contributed by atoms with Crippen LogP contribution < -0.4 is 19.6 Å². The van der Waals surface area contributed by atoms with Crippen LogP contribution in [-0.2, 0) is 13.2 Å². The second-order valence-corrected chi connectivity index (χ2v) is 9.44. The Morgan fingerprint density at radius 3 is 2.29 bits per heavy atom. The molecule has 0 aliphatic rings. The lowest BCUT2D eigenvalue weighted by atomic mass is 10.1. The number of nitrogens with zero attached hydrogens (tertiary/aromatic N) is 1. The molecular weight excluding hydrogens is 544 g/mol. The molecule has 6 nitrogen and oxygen atoms in total. The SMILES string of the molecule is CCOc1cc(COc2ccc(Br)cc2/C=N/NC(=O)c2ccc(C)cc2)ccc1OCc1ccccc1. The Labute approximate surface area is 231 Å². The fraction of sp³-hybridized carbons (Fsp3) is 0.161. The van der Waals surface area contributed by atoms with Gasteiger partial charge in [-0.2, -0.15) is 5.10 Å². The van der Waals surface area contributed by atoms with E-state index < -0.39 is 0 Å². The summed E-state index contributed by atoms with van der Waals surface area (Å²) in [4.78, 5) is 12.4. The number of carbonyl (C=O) groups excluding carboxylic acids is 1. The van der Waals surface area contributed by atoms with E-state index in [1.54, 1.807) is 18.3 Å². The smallest absolute Gasteiger partial charge is 0.271 e. The molecule has 0 aromatic heterocycles. The molecule has 0 spiro atoms. The standard InChI is InChI=1S/C31H29BrN2O4/c1-3-36-30-17-24(11-15-29(30)38-20-23-7-5-4-6-8-23)21-37-28-16-14-27(32)18-26(28)19-33-34-31(35)25-12-9-22(2)10-13-25/h4-19H,3,20-21H2,1-2H3,(H,34,35)/b33-19+. The normalized spacial score (nSPS) is 10.8. The Kier molecular flexibility index (Phi) is 9.54. The Morgan fingerprint density at radius 1 is 0.816 bits per heavy atom. The number of hydrogen-bond donors (Lipinski definition) is 1. The van der Waals surface area contributed by atoms with E-state index in [0.29, 0.717) is 42.6 Å². The van der Waals surface area contributed by atoms with E-state index in [0.717, 1.165) is 26.7 Å². The van der Waals surface area contributed by atoms with Crippen LogP contribution >= 0.6 is 15.9 Å². The molecule has 0 heterocycles. The average molecular weight is 573 g/mol. The van der Waals surface area contributed by atoms with E-state index >= 15 is 0 Å². The summed E-state index contributed by atoms with van der Waals surface area (Å²) in [7, 11) is 0. The summed E-state index contributed by atoms with van der Waals surface area (Å²) < 4.78 is 18.8. The Bertz CT molecular complexity index is 1390. The lowest BCUT2D eigenvalue weighted by Crippen LogP contribution is -2.17. The minimum absolute atomic E-state index is 0.281. The fourth-order valence-electron chi connectivity index (χ4n) is 3.61. The average Bonchev–Trinajstić information content (AvgIpc) is 2.93. The number of ether oxygens (including phenoxy) is 3. The zero-order chi connectivity index (χ0) is 26.7. The molecule has 1 N–H and O–H groups in total. The van der Waals surface area contributed by atoms with Crippen LogP contribution in [-0.4, -0.2) is 18.7 Å². The van der Waals surface area contributed by atoms with E-state index in [-0.39, 0.29) is 5.91 Å². The number of amides is 1. The van der Waals surface area contributed by atoms with Gasteiger partial charge in [-0.25, -0.2) is 5.43 Å². The predicted molar refractivity (Wildman–Crippen MR) is 153 cm³/mol. The molecule has 0 saturated heterocycles. The summed E-state index contributed by atoms with van der Waals surface area (Å²) in [5, 5.41) is 4.13. The number of carbonyl (C=O) groups is 1. The van der Waals surface area contributed by atoms with Crippen LogP contribution in [0, 0.1) is 6.92 Å². The van der Waals surface area contributed by atoms with Crippen LogP contribution in [0.5, 0.6) is 17.2 Å². The van der Waals surface area contributed by atoms with Gasteiger partial charge in [-0.3, -0.25) is 4.79 Å². The lowest BCUT2D eigenvalue weighted by molar-refractivity contribution is 0.0955. The largest absolute Gasteiger partial charge is 0.490 e. The van der Waals surface area contributed by atoms with Crippen molar-refractivity contribution in [2.24, 2.45) is 5.10 Å². The zero-order valence-electron chi connectivity index (χ0n) is 21.3. The number of rotatable bonds is 11. The monoisotopic (exact) mass is 572 g/mol. The van der Waals surface area contributed by atoms with Crippen molar-refractivity contribution in [3.05, 3.63) is 123 Å². The van der Waals surface area contributed by atoms with Crippen LogP contribution in [0.15, 0.2) is 101 Å². The van der Waals surface area contributed by atoms with E-state index in [4.69, 9.17) is 14.2 Å². The minimum Gasteiger partial charge on any atom is -0.490 e. The quantitative estimate of drug-likeness (QED) is 0.154. The summed E-state index contributed by atoms with van der Waals surface area (Å²) >= 11 is 3.49. The molecule has 194 valence electrons. The van der Waals surface area contributed by atoms with Gasteiger partial charge in [0.15, 0.2) is 11.5 Å². The highest BCUT2D eigenvalue weighted by Crippen LogP contribution is 2.30. The van der Waals surface area contributed by atoms with Crippen LogP contribution in [0.2, 0.25) is 0 Å². The van der Waals surface area contributed by atoms with Gasteiger partial charge in [0.05, 0.1) is 12.8 Å². The highest BCUT2D eigenvalue weighted by molar-refractivity contribution is 9.10. The second-order valence-electron chi connectivity index (χ2n) is 8.52. The molecule has 4 rings (SSSR count). The molecule has 0 saturated carbocycles. The van der Waals surface area contributed by atoms with Gasteiger partial charge in [0.2, 0.25) is 0 Å². The molecule has 0 radical (unpaired) electrons. The molecule has 4 aromatic rings. The molecular formula is C31H29BrN2O4. The molecule has 4 aromatic carbocycles. The number of aryl methyl sites for hydroxylation is 1. The van der Waals surface area contributed by atoms with E-state index in [1.807, 2.05) is 92.7 Å². The third kappa shape index (κ3) is 7.70. The Morgan fingerprint density at radius 2 is 1.53 bits per heavy atom. The van der Waals surface area contributed by atoms with E-state index in [1.165, 1.54) is 0 Å². The number of nitrogens with one attached hydrogen (secondary N) is 1. The van der Waals surface area contributed by atoms with Crippen molar-refractivity contribution in [2.45, 2.75) is 27.1 Å². The molecule has 0 aliphatic heterocycles. The van der Waals surface area contributed by atoms with Gasteiger partial charge in [0.25, 0.3) is 5.91 Å². The number of benzene rings is 4. The number of halogens is 1. The molecule has 0 unspecified atom stereocenters. The third-order valence-electron chi connectivity index (χ3n) is 5.59. The van der Waals surface area contributed by atoms with Gasteiger partial charge >= 0.3 is 0 Å². The summed E-state index contributed by atoms with van der Waals surface area (Å²) in [6.07, 6.45) is 1.57. The van der Waals surface area contributed by atoms with Gasteiger partial charge < -0.3 is 14.2 Å². The minimum atomic E-state index is -0.281. The first-order valence-corrected chi connectivity index (χ1v) is 13.1. The van der Waals surface area contributed by atoms with Gasteiger partial charge in [-0.1, -0.05) is 70.0 Å². The van der Waals surface area contributed by atoms with Gasteiger partial charge in [0, 0.05) is 15.6 Å². The first kappa shape index (κ1) is 26.9. The van der Waals surface area contributed by atoms with Crippen LogP contribution in [0.1, 0.15) is 39.5 Å². The highest BCUT2D eigenvalue weighted by Gasteiger charge is 2.10. The zero-order valence-corrected chi connectivity index (χ0v) is 22.9. The molecule has 0 aliphatic carbocycles. The first-order valence-electron chi connectivity index (χ1n) is 12.3. The van der Waals surface area contributed by atoms with Crippen LogP contribution in [0.25, 0.3) is 0 Å². The van der Waals surface area contributed by atoms with Crippen molar-refractivity contribution < 1.29 is 19.0 Å². The summed E-state index contributed by atoms with van der Waals surface area (Å²) in [6.45, 7) is 5.21. The van der Waals surface area contributed by atoms with E-state index in [9.17, 15) is 4.79 Å². The summed E-state index contributed by atoms with van der Waals surface area (Å²) in [6, 6.07) is 28.7. The van der Waals surface area contributed by atoms with Crippen molar-refractivity contribution in [1.29, 1.82) is 0 Å². The summed E-state index contributed by atoms with van der Waals surface area (Å²) in [5.74, 6) is 1.70. The Hall–Kier alpha value is -4.10. The van der Waals surface area contributed by atoms with Gasteiger partial charge in [-0.05, 0) is 67.4 Å². The first-order chi connectivity index (χ1) is 18.5. The maximum absolute atomic E-state index is 12.4. The highest BCUT2D eigenvalue weighted by atomic mass is 79.9. The molecule has 0 atom stereocenters. The maximum Gasteiger partial charge on any atom is 0.271 e. The predicted octanol–water partition coefficient (Wildman–Crippen LogP) is 7.08. The number of hydrogen-bond acceptors (Lipinski definition) is 5. The van der Waals surface area contributed by atoms with Crippen molar-refractivity contribution in [1.82, 2.24) is 5.43 Å². The second kappa shape index (κ2) is 13.4. The topological polar surface area (TPSA) is 69.2 Å². The molecule has 7 heteroatoms. The van der Waals surface area contributed by atoms with E-state index in [2.05, 4.69) is 26.5 Å². The molecule has 0 bridgehead atoms. The molecule has 0 fully saturated rings. The lowest BCUT2D eigenvalue weighted by Gasteiger charge is -2.14. The molecule has 1 amide bonds. The maximum atomic E-state index is 12.4. The van der Waals surface area contributed by atoms with Crippen molar-refractivity contribution in [3.8, 4) is 17.2 Å². The van der Waals surface area contributed by atoms with Gasteiger partial charge in [0.1, 0.15) is 19.0 Å². The molecule has 38 heavy (non-hydrogen) atoms. The van der Waals surface area contributed by atoms with Crippen molar-refractivity contribution in [3.63, 3.8) is 0 Å². The summed E-state index contributed by atoms with van der Waals surface area (Å²) in [5.41, 5.74) is 6.93. The van der Waals surface area contributed by atoms with Crippen LogP contribution in [0.4, 0.5) is 0 Å². The number of hydrazone groups is 1. The third-order valence-corrected chi connectivity index (χ3v) is 6.09.